The van der Waals surface area contributed by atoms with Gasteiger partial charge in [0.25, 0.3) is 5.88 Å². The molecule has 0 saturated carbocycles. The summed E-state index contributed by atoms with van der Waals surface area (Å²) in [5, 5.41) is 7.13. The maximum atomic E-state index is 13.3. The summed E-state index contributed by atoms with van der Waals surface area (Å²) >= 11 is 1.61. The van der Waals surface area contributed by atoms with E-state index in [0.717, 1.165) is 41.0 Å². The van der Waals surface area contributed by atoms with Gasteiger partial charge in [0.05, 0.1) is 28.5 Å². The molecule has 48 heavy (non-hydrogen) atoms. The molecule has 0 bridgehead atoms. The Kier molecular flexibility index (Phi) is 10.6. The Bertz CT molecular complexity index is 1570. The van der Waals surface area contributed by atoms with Crippen molar-refractivity contribution in [3.63, 3.8) is 0 Å². The van der Waals surface area contributed by atoms with Crippen LogP contribution in [0.4, 0.5) is 4.79 Å². The van der Waals surface area contributed by atoms with E-state index in [2.05, 4.69) is 46.5 Å². The molecule has 0 aliphatic carbocycles. The smallest absolute Gasteiger partial charge is 0.409 e. The van der Waals surface area contributed by atoms with Crippen LogP contribution >= 0.6 is 11.3 Å². The minimum absolute atomic E-state index is 0.00655. The van der Waals surface area contributed by atoms with E-state index in [1.54, 1.807) is 27.2 Å². The van der Waals surface area contributed by atoms with Gasteiger partial charge in [0.2, 0.25) is 11.8 Å². The van der Waals surface area contributed by atoms with Crippen LogP contribution in [0, 0.1) is 6.92 Å². The summed E-state index contributed by atoms with van der Waals surface area (Å²) in [5.74, 6) is 0.363. The molecule has 2 aromatic heterocycles. The zero-order valence-corrected chi connectivity index (χ0v) is 29.0. The highest BCUT2D eigenvalue weighted by Crippen LogP contribution is 2.29. The Morgan fingerprint density at radius 3 is 2.54 bits per heavy atom. The van der Waals surface area contributed by atoms with Crippen LogP contribution in [0.2, 0.25) is 0 Å². The number of aromatic nitrogens is 2. The predicted molar refractivity (Wildman–Crippen MR) is 181 cm³/mol. The second-order valence-electron chi connectivity index (χ2n) is 13.3. The number of carbonyl (C=O) groups is 3. The first kappa shape index (κ1) is 33.9. The number of thiazole rings is 1. The van der Waals surface area contributed by atoms with E-state index >= 15 is 0 Å². The average molecular weight is 679 g/mol. The first-order valence-corrected chi connectivity index (χ1v) is 17.9. The summed E-state index contributed by atoms with van der Waals surface area (Å²) in [7, 11) is 2.08. The molecule has 12 nitrogen and oxygen atoms in total. The number of hydrogen-bond acceptors (Lipinski definition) is 10. The summed E-state index contributed by atoms with van der Waals surface area (Å²) in [5.41, 5.74) is 4.94. The molecule has 4 atom stereocenters. The molecule has 5 heterocycles. The Morgan fingerprint density at radius 1 is 1.08 bits per heavy atom. The Balaban J connectivity index is 0.940. The van der Waals surface area contributed by atoms with Crippen molar-refractivity contribution in [2.24, 2.45) is 0 Å². The van der Waals surface area contributed by atoms with Gasteiger partial charge in [-0.05, 0) is 69.8 Å². The van der Waals surface area contributed by atoms with E-state index in [0.29, 0.717) is 63.2 Å². The summed E-state index contributed by atoms with van der Waals surface area (Å²) in [6.07, 6.45) is 4.44. The lowest BCUT2D eigenvalue weighted by atomic mass is 10.0. The normalized spacial score (nSPS) is 22.5. The van der Waals surface area contributed by atoms with Crippen LogP contribution in [0.25, 0.3) is 10.4 Å². The lowest BCUT2D eigenvalue weighted by Crippen LogP contribution is -2.47. The number of carbonyl (C=O) groups excluding carboxylic acids is 3. The number of nitrogens with zero attached hydrogens (tertiary/aromatic N) is 5. The van der Waals surface area contributed by atoms with Gasteiger partial charge in [-0.1, -0.05) is 24.3 Å². The number of nitrogens with one attached hydrogen (secondary N) is 1. The van der Waals surface area contributed by atoms with Crippen molar-refractivity contribution in [1.29, 1.82) is 0 Å². The van der Waals surface area contributed by atoms with Gasteiger partial charge in [-0.15, -0.1) is 11.3 Å². The van der Waals surface area contributed by atoms with Crippen LogP contribution in [-0.2, 0) is 20.7 Å². The van der Waals surface area contributed by atoms with Crippen LogP contribution in [0.1, 0.15) is 75.4 Å². The third-order valence-corrected chi connectivity index (χ3v) is 11.1. The lowest BCUT2D eigenvalue weighted by molar-refractivity contribution is -0.138. The monoisotopic (exact) mass is 678 g/mol. The second kappa shape index (κ2) is 15.1. The van der Waals surface area contributed by atoms with Crippen molar-refractivity contribution in [3.8, 4) is 16.3 Å². The summed E-state index contributed by atoms with van der Waals surface area (Å²) in [6.45, 7) is 8.16. The van der Waals surface area contributed by atoms with Gasteiger partial charge in [0, 0.05) is 50.6 Å². The molecular formula is C35H46N6O6S. The van der Waals surface area contributed by atoms with Gasteiger partial charge < -0.3 is 29.1 Å². The van der Waals surface area contributed by atoms with Crippen LogP contribution in [0.5, 0.6) is 5.88 Å². The van der Waals surface area contributed by atoms with Crippen LogP contribution in [0.15, 0.2) is 40.4 Å². The highest BCUT2D eigenvalue weighted by atomic mass is 32.1. The molecule has 1 aromatic carbocycles. The van der Waals surface area contributed by atoms with Gasteiger partial charge in [-0.3, -0.25) is 14.5 Å². The Labute approximate surface area is 285 Å². The highest BCUT2D eigenvalue weighted by molar-refractivity contribution is 7.13. The number of hydrogen-bond donors (Lipinski definition) is 1. The molecule has 3 amide bonds. The number of amides is 3. The molecule has 1 N–H and O–H groups in total. The van der Waals surface area contributed by atoms with E-state index in [1.807, 2.05) is 31.5 Å². The molecule has 3 aromatic rings. The maximum absolute atomic E-state index is 13.3. The minimum atomic E-state index is -0.530. The molecule has 13 heteroatoms. The van der Waals surface area contributed by atoms with E-state index in [-0.39, 0.29) is 42.5 Å². The second-order valence-corrected chi connectivity index (χ2v) is 14.2. The van der Waals surface area contributed by atoms with E-state index in [1.165, 1.54) is 0 Å². The summed E-state index contributed by atoms with van der Waals surface area (Å²) < 4.78 is 17.1. The van der Waals surface area contributed by atoms with Gasteiger partial charge in [-0.2, -0.15) is 0 Å². The zero-order valence-electron chi connectivity index (χ0n) is 28.2. The van der Waals surface area contributed by atoms with Crippen molar-refractivity contribution in [2.45, 2.75) is 96.0 Å². The molecule has 258 valence electrons. The van der Waals surface area contributed by atoms with E-state index in [4.69, 9.17) is 14.0 Å². The predicted octanol–water partition coefficient (Wildman–Crippen LogP) is 4.98. The third-order valence-electron chi connectivity index (χ3n) is 10.1. The van der Waals surface area contributed by atoms with Crippen molar-refractivity contribution in [2.75, 3.05) is 33.3 Å². The highest BCUT2D eigenvalue weighted by Gasteiger charge is 2.35. The first-order chi connectivity index (χ1) is 23.2. The first-order valence-electron chi connectivity index (χ1n) is 17.0. The molecule has 6 rings (SSSR count). The number of piperidine rings is 1. The molecular weight excluding hydrogens is 632 g/mol. The lowest BCUT2D eigenvalue weighted by Gasteiger charge is -2.31. The minimum Gasteiger partial charge on any atom is -0.472 e. The number of ether oxygens (including phenoxy) is 2. The standard InChI is InChI=1S/C35H46N6O6S/c1-22-7-12-27(39(22)4)20-45-35(44)40-16-13-28(14-17-40)46-31-18-29(47-38-31)19-32(42)41-15-5-6-30(41)34(43)37-23(2)25-8-10-26(11-9-25)33-24(3)36-21-48-33/h8-11,18,21-23,27-28,30H,5-7,12-17,19-20H2,1-4H3,(H,37,43)/t22-,23+,27+,30+/m1/s1. The number of benzene rings is 1. The number of likely N-dealkylation sites (tertiary alicyclic amines) is 3. The van der Waals surface area contributed by atoms with Crippen LogP contribution < -0.4 is 10.1 Å². The third kappa shape index (κ3) is 7.84. The van der Waals surface area contributed by atoms with Gasteiger partial charge in [0.15, 0.2) is 0 Å². The van der Waals surface area contributed by atoms with Gasteiger partial charge in [-0.25, -0.2) is 9.78 Å². The molecule has 0 unspecified atom stereocenters. The SMILES string of the molecule is Cc1ncsc1-c1ccc([C@H](C)NC(=O)[C@@H]2CCCN2C(=O)Cc2cc(OC3CCN(C(=O)OC[C@@H]4CC[C@@H](C)N4C)CC3)no2)cc1. The van der Waals surface area contributed by atoms with Crippen LogP contribution in [-0.4, -0.2) is 100 Å². The Hall–Kier alpha value is -3.97. The van der Waals surface area contributed by atoms with Gasteiger partial charge in [0.1, 0.15) is 24.5 Å². The van der Waals surface area contributed by atoms with Gasteiger partial charge >= 0.3 is 6.09 Å². The van der Waals surface area contributed by atoms with E-state index < -0.39 is 6.04 Å². The molecule has 3 aliphatic heterocycles. The quantitative estimate of drug-likeness (QED) is 0.316. The topological polar surface area (TPSA) is 130 Å². The number of likely N-dealkylation sites (N-methyl/N-ethyl adjacent to an activating group) is 1. The van der Waals surface area contributed by atoms with Crippen LogP contribution in [0.3, 0.4) is 0 Å². The molecule has 0 radical (unpaired) electrons. The molecule has 3 saturated heterocycles. The molecule has 0 spiro atoms. The Morgan fingerprint density at radius 2 is 1.85 bits per heavy atom. The fraction of sp³-hybridized carbons (Fsp3) is 0.571. The zero-order chi connectivity index (χ0) is 33.8. The fourth-order valence-electron chi connectivity index (χ4n) is 6.90. The summed E-state index contributed by atoms with van der Waals surface area (Å²) in [6, 6.07) is 9.85. The molecule has 3 fully saturated rings. The molecule has 3 aliphatic rings. The van der Waals surface area contributed by atoms with Crippen molar-refractivity contribution >= 4 is 29.2 Å². The van der Waals surface area contributed by atoms with Crippen molar-refractivity contribution in [1.82, 2.24) is 30.2 Å². The van der Waals surface area contributed by atoms with Crippen molar-refractivity contribution in [3.05, 3.63) is 52.9 Å². The number of rotatable bonds is 10. The van der Waals surface area contributed by atoms with Crippen molar-refractivity contribution < 1.29 is 28.4 Å². The average Bonchev–Trinajstić information content (AvgIpc) is 3.90. The summed E-state index contributed by atoms with van der Waals surface area (Å²) in [4.78, 5) is 50.3. The van der Waals surface area contributed by atoms with E-state index in [9.17, 15) is 14.4 Å². The fourth-order valence-corrected chi connectivity index (χ4v) is 7.72. The largest absolute Gasteiger partial charge is 0.472 e. The number of aryl methyl sites for hydroxylation is 1. The maximum Gasteiger partial charge on any atom is 0.409 e.